The fraction of sp³-hybridized carbons (Fsp3) is 0.333. The van der Waals surface area contributed by atoms with Crippen LogP contribution in [0.3, 0.4) is 0 Å². The number of nitrogens with zero attached hydrogens (tertiary/aromatic N) is 4. The van der Waals surface area contributed by atoms with Crippen LogP contribution in [0, 0.1) is 0 Å². The molecule has 1 aromatic carbocycles. The van der Waals surface area contributed by atoms with E-state index in [-0.39, 0.29) is 5.91 Å². The van der Waals surface area contributed by atoms with Crippen molar-refractivity contribution in [3.05, 3.63) is 36.2 Å². The Hall–Kier alpha value is -2.28. The van der Waals surface area contributed by atoms with Crippen LogP contribution in [0.4, 0.5) is 0 Å². The first-order valence-corrected chi connectivity index (χ1v) is 5.92. The topological polar surface area (TPSA) is 81.9 Å². The summed E-state index contributed by atoms with van der Waals surface area (Å²) in [5, 5.41) is 13.8. The summed E-state index contributed by atoms with van der Waals surface area (Å²) in [6.07, 6.45) is 2.23. The van der Waals surface area contributed by atoms with Gasteiger partial charge in [-0.3, -0.25) is 4.79 Å². The fourth-order valence-corrected chi connectivity index (χ4v) is 1.65. The van der Waals surface area contributed by atoms with E-state index in [4.69, 9.17) is 4.74 Å². The highest BCUT2D eigenvalue weighted by molar-refractivity contribution is 5.97. The molecule has 0 saturated carbocycles. The van der Waals surface area contributed by atoms with Crippen molar-refractivity contribution in [2.75, 3.05) is 20.3 Å². The minimum atomic E-state index is -0.151. The number of benzene rings is 1. The first kappa shape index (κ1) is 13.2. The van der Waals surface area contributed by atoms with E-state index in [0.29, 0.717) is 24.4 Å². The van der Waals surface area contributed by atoms with Gasteiger partial charge in [-0.15, -0.1) is 5.10 Å². The number of methoxy groups -OCH3 is 1. The lowest BCUT2D eigenvalue weighted by atomic mass is 10.1. The normalized spacial score (nSPS) is 10.4. The van der Waals surface area contributed by atoms with E-state index in [1.165, 1.54) is 11.0 Å². The van der Waals surface area contributed by atoms with Crippen LogP contribution in [0.5, 0.6) is 0 Å². The van der Waals surface area contributed by atoms with Gasteiger partial charge in [0.15, 0.2) is 0 Å². The van der Waals surface area contributed by atoms with Crippen LogP contribution in [0.25, 0.3) is 5.69 Å². The summed E-state index contributed by atoms with van der Waals surface area (Å²) < 4.78 is 6.39. The third kappa shape index (κ3) is 3.35. The maximum absolute atomic E-state index is 12.1. The third-order valence-electron chi connectivity index (χ3n) is 2.56. The minimum Gasteiger partial charge on any atom is -0.385 e. The van der Waals surface area contributed by atoms with Crippen molar-refractivity contribution < 1.29 is 9.53 Å². The molecule has 0 radical (unpaired) electrons. The van der Waals surface area contributed by atoms with Crippen LogP contribution in [-0.4, -0.2) is 46.4 Å². The Labute approximate surface area is 110 Å². The molecule has 1 amide bonds. The van der Waals surface area contributed by atoms with E-state index >= 15 is 0 Å². The molecule has 7 heteroatoms. The molecular weight excluding hydrogens is 246 g/mol. The third-order valence-corrected chi connectivity index (χ3v) is 2.56. The molecule has 0 unspecified atom stereocenters. The van der Waals surface area contributed by atoms with Gasteiger partial charge in [0.05, 0.1) is 11.3 Å². The zero-order chi connectivity index (χ0) is 13.5. The molecule has 1 aromatic heterocycles. The molecule has 1 N–H and O–H groups in total. The molecular formula is C12H15N5O2. The highest BCUT2D eigenvalue weighted by atomic mass is 16.5. The Bertz CT molecular complexity index is 527. The van der Waals surface area contributed by atoms with Gasteiger partial charge in [0.1, 0.15) is 6.33 Å². The van der Waals surface area contributed by atoms with Gasteiger partial charge in [0.25, 0.3) is 5.91 Å². The summed E-state index contributed by atoms with van der Waals surface area (Å²) in [4.78, 5) is 12.1. The number of ether oxygens (including phenoxy) is 1. The van der Waals surface area contributed by atoms with Gasteiger partial charge >= 0.3 is 0 Å². The average molecular weight is 261 g/mol. The lowest BCUT2D eigenvalue weighted by Crippen LogP contribution is -2.26. The van der Waals surface area contributed by atoms with Crippen LogP contribution in [0.1, 0.15) is 16.8 Å². The van der Waals surface area contributed by atoms with Crippen LogP contribution in [0.2, 0.25) is 0 Å². The van der Waals surface area contributed by atoms with E-state index in [1.807, 2.05) is 6.07 Å². The Balaban J connectivity index is 2.09. The largest absolute Gasteiger partial charge is 0.385 e. The standard InChI is InChI=1S/C12H15N5O2/c1-19-8-4-7-13-12(18)10-5-2-3-6-11(10)17-9-14-15-16-17/h2-3,5-6,9H,4,7-8H2,1H3,(H,13,18). The summed E-state index contributed by atoms with van der Waals surface area (Å²) in [7, 11) is 1.63. The Morgan fingerprint density at radius 3 is 3.00 bits per heavy atom. The van der Waals surface area contributed by atoms with Gasteiger partial charge in [-0.05, 0) is 29.0 Å². The monoisotopic (exact) mass is 261 g/mol. The van der Waals surface area contributed by atoms with Crippen molar-refractivity contribution in [2.45, 2.75) is 6.42 Å². The van der Waals surface area contributed by atoms with Gasteiger partial charge in [0, 0.05) is 20.3 Å². The summed E-state index contributed by atoms with van der Waals surface area (Å²) in [5.41, 5.74) is 1.18. The second-order valence-electron chi connectivity index (χ2n) is 3.87. The number of aromatic nitrogens is 4. The molecule has 0 atom stereocenters. The van der Waals surface area contributed by atoms with E-state index in [0.717, 1.165) is 6.42 Å². The number of para-hydroxylation sites is 1. The Morgan fingerprint density at radius 1 is 1.42 bits per heavy atom. The maximum Gasteiger partial charge on any atom is 0.253 e. The molecule has 1 heterocycles. The lowest BCUT2D eigenvalue weighted by molar-refractivity contribution is 0.0948. The number of rotatable bonds is 6. The van der Waals surface area contributed by atoms with Crippen molar-refractivity contribution in [1.82, 2.24) is 25.5 Å². The quantitative estimate of drug-likeness (QED) is 0.762. The number of hydrogen-bond acceptors (Lipinski definition) is 5. The van der Waals surface area contributed by atoms with Crippen LogP contribution in [0.15, 0.2) is 30.6 Å². The van der Waals surface area contributed by atoms with Crippen LogP contribution < -0.4 is 5.32 Å². The molecule has 0 bridgehead atoms. The van der Waals surface area contributed by atoms with Crippen LogP contribution >= 0.6 is 0 Å². The van der Waals surface area contributed by atoms with E-state index in [2.05, 4.69) is 20.8 Å². The molecule has 100 valence electrons. The number of tetrazole rings is 1. The fourth-order valence-electron chi connectivity index (χ4n) is 1.65. The summed E-state index contributed by atoms with van der Waals surface area (Å²) >= 11 is 0. The van der Waals surface area contributed by atoms with Crippen molar-refractivity contribution in [2.24, 2.45) is 0 Å². The summed E-state index contributed by atoms with van der Waals surface area (Å²) in [5.74, 6) is -0.151. The molecule has 2 rings (SSSR count). The highest BCUT2D eigenvalue weighted by Crippen LogP contribution is 2.12. The summed E-state index contributed by atoms with van der Waals surface area (Å²) in [6, 6.07) is 7.17. The van der Waals surface area contributed by atoms with Gasteiger partial charge in [-0.1, -0.05) is 12.1 Å². The van der Waals surface area contributed by atoms with E-state index < -0.39 is 0 Å². The van der Waals surface area contributed by atoms with Crippen molar-refractivity contribution >= 4 is 5.91 Å². The van der Waals surface area contributed by atoms with Crippen molar-refractivity contribution in [3.63, 3.8) is 0 Å². The molecule has 0 aliphatic rings. The zero-order valence-electron chi connectivity index (χ0n) is 10.6. The average Bonchev–Trinajstić information content (AvgIpc) is 2.97. The minimum absolute atomic E-state index is 0.151. The van der Waals surface area contributed by atoms with Gasteiger partial charge in [-0.2, -0.15) is 4.68 Å². The summed E-state index contributed by atoms with van der Waals surface area (Å²) in [6.45, 7) is 1.19. The predicted molar refractivity (Wildman–Crippen MR) is 68.0 cm³/mol. The molecule has 7 nitrogen and oxygen atoms in total. The first-order chi connectivity index (χ1) is 9.33. The number of hydrogen-bond donors (Lipinski definition) is 1. The molecule has 0 spiro atoms. The molecule has 0 saturated heterocycles. The number of nitrogens with one attached hydrogen (secondary N) is 1. The lowest BCUT2D eigenvalue weighted by Gasteiger charge is -2.09. The van der Waals surface area contributed by atoms with E-state index in [1.54, 1.807) is 25.3 Å². The number of amides is 1. The second kappa shape index (κ2) is 6.60. The molecule has 0 aliphatic carbocycles. The van der Waals surface area contributed by atoms with Gasteiger partial charge in [-0.25, -0.2) is 0 Å². The first-order valence-electron chi connectivity index (χ1n) is 5.92. The molecule has 19 heavy (non-hydrogen) atoms. The molecule has 2 aromatic rings. The van der Waals surface area contributed by atoms with Gasteiger partial charge < -0.3 is 10.1 Å². The number of carbonyl (C=O) groups is 1. The second-order valence-corrected chi connectivity index (χ2v) is 3.87. The Kier molecular flexibility index (Phi) is 4.57. The molecule has 0 fully saturated rings. The number of carbonyl (C=O) groups excluding carboxylic acids is 1. The Morgan fingerprint density at radius 2 is 2.26 bits per heavy atom. The highest BCUT2D eigenvalue weighted by Gasteiger charge is 2.12. The van der Waals surface area contributed by atoms with Crippen molar-refractivity contribution in [3.8, 4) is 5.69 Å². The molecule has 0 aliphatic heterocycles. The maximum atomic E-state index is 12.1. The predicted octanol–water partition coefficient (Wildman–Crippen LogP) is 0.429. The van der Waals surface area contributed by atoms with Gasteiger partial charge in [0.2, 0.25) is 0 Å². The van der Waals surface area contributed by atoms with Crippen LogP contribution in [-0.2, 0) is 4.74 Å². The van der Waals surface area contributed by atoms with E-state index in [9.17, 15) is 4.79 Å². The smallest absolute Gasteiger partial charge is 0.253 e. The zero-order valence-corrected chi connectivity index (χ0v) is 10.6. The SMILES string of the molecule is COCCCNC(=O)c1ccccc1-n1cnnn1. The van der Waals surface area contributed by atoms with Crippen molar-refractivity contribution in [1.29, 1.82) is 0 Å².